The van der Waals surface area contributed by atoms with E-state index in [0.29, 0.717) is 23.0 Å². The van der Waals surface area contributed by atoms with Gasteiger partial charge in [0.05, 0.1) is 17.4 Å². The van der Waals surface area contributed by atoms with Crippen LogP contribution < -0.4 is 24.6 Å². The van der Waals surface area contributed by atoms with Gasteiger partial charge in [-0.15, -0.1) is 0 Å². The van der Waals surface area contributed by atoms with Crippen molar-refractivity contribution in [3.05, 3.63) is 54.4 Å². The van der Waals surface area contributed by atoms with Crippen LogP contribution in [0.3, 0.4) is 0 Å². The summed E-state index contributed by atoms with van der Waals surface area (Å²) in [4.78, 5) is 26.7. The van der Waals surface area contributed by atoms with Gasteiger partial charge in [0, 0.05) is 42.3 Å². The average Bonchev–Trinajstić information content (AvgIpc) is 3.41. The molecule has 1 fully saturated rings. The third-order valence-corrected chi connectivity index (χ3v) is 5.99. The Bertz CT molecular complexity index is 1200. The molecule has 6 rings (SSSR count). The minimum absolute atomic E-state index is 0.0865. The van der Waals surface area contributed by atoms with Crippen LogP contribution in [0.4, 0.5) is 22.0 Å². The maximum atomic E-state index is 13.4. The minimum Gasteiger partial charge on any atom is -0.454 e. The Balaban J connectivity index is 1.36. The number of fused-ring (bicyclic) bond motifs is 5. The number of aromatic nitrogens is 2. The quantitative estimate of drug-likeness (QED) is 0.686. The number of hydrogen-bond acceptors (Lipinski definition) is 6. The lowest BCUT2D eigenvalue weighted by Crippen LogP contribution is -2.48. The van der Waals surface area contributed by atoms with Crippen LogP contribution in [0.5, 0.6) is 11.5 Å². The van der Waals surface area contributed by atoms with Gasteiger partial charge in [0.15, 0.2) is 17.3 Å². The van der Waals surface area contributed by atoms with Crippen molar-refractivity contribution in [3.8, 4) is 22.8 Å². The molecule has 156 valence electrons. The van der Waals surface area contributed by atoms with Gasteiger partial charge >= 0.3 is 6.03 Å². The molecule has 1 saturated heterocycles. The zero-order chi connectivity index (χ0) is 20.9. The molecule has 0 spiro atoms. The Hall–Kier alpha value is -3.81. The van der Waals surface area contributed by atoms with Gasteiger partial charge in [0.2, 0.25) is 6.79 Å². The van der Waals surface area contributed by atoms with Gasteiger partial charge in [0.1, 0.15) is 0 Å². The highest BCUT2D eigenvalue weighted by atomic mass is 16.7. The van der Waals surface area contributed by atoms with Gasteiger partial charge in [-0.2, -0.15) is 0 Å². The van der Waals surface area contributed by atoms with Crippen molar-refractivity contribution < 1.29 is 14.3 Å². The molecule has 1 N–H and O–H groups in total. The highest BCUT2D eigenvalue weighted by molar-refractivity contribution is 6.05. The van der Waals surface area contributed by atoms with Crippen molar-refractivity contribution in [2.45, 2.75) is 19.4 Å². The molecule has 0 saturated carbocycles. The number of anilines is 3. The topological polar surface area (TPSA) is 79.8 Å². The first-order valence-corrected chi connectivity index (χ1v) is 10.3. The van der Waals surface area contributed by atoms with E-state index in [1.165, 1.54) is 0 Å². The van der Waals surface area contributed by atoms with E-state index in [1.807, 2.05) is 37.3 Å². The summed E-state index contributed by atoms with van der Waals surface area (Å²) in [6.07, 6.45) is 2.69. The highest BCUT2D eigenvalue weighted by Crippen LogP contribution is 2.41. The largest absolute Gasteiger partial charge is 0.454 e. The number of nitrogens with one attached hydrogen (secondary N) is 1. The molecule has 3 aromatic rings. The van der Waals surface area contributed by atoms with Gasteiger partial charge in [-0.3, -0.25) is 9.88 Å². The lowest BCUT2D eigenvalue weighted by atomic mass is 10.1. The van der Waals surface area contributed by atoms with Crippen LogP contribution in [0.15, 0.2) is 48.7 Å². The molecule has 1 aromatic carbocycles. The van der Waals surface area contributed by atoms with Crippen LogP contribution in [0.1, 0.15) is 12.1 Å². The summed E-state index contributed by atoms with van der Waals surface area (Å²) >= 11 is 0. The van der Waals surface area contributed by atoms with Crippen LogP contribution in [0.25, 0.3) is 11.3 Å². The number of pyridine rings is 2. The average molecular weight is 415 g/mol. The molecule has 31 heavy (non-hydrogen) atoms. The van der Waals surface area contributed by atoms with Crippen molar-refractivity contribution in [3.63, 3.8) is 0 Å². The summed E-state index contributed by atoms with van der Waals surface area (Å²) in [6, 6.07) is 13.3. The van der Waals surface area contributed by atoms with E-state index in [2.05, 4.69) is 21.3 Å². The van der Waals surface area contributed by atoms with Crippen LogP contribution in [0, 0.1) is 6.92 Å². The molecular formula is C23H21N5O3. The number of carbonyl (C=O) groups is 1. The van der Waals surface area contributed by atoms with E-state index in [9.17, 15) is 4.79 Å². The number of urea groups is 1. The van der Waals surface area contributed by atoms with Gasteiger partial charge < -0.3 is 19.7 Å². The Morgan fingerprint density at radius 2 is 2.03 bits per heavy atom. The fraction of sp³-hybridized carbons (Fsp3) is 0.261. The SMILES string of the molecule is Cc1cc(-c2ccc3c(n2)N(C(=O)Nc2ccc4c(c2)OCO4)[C@H]2CCN3C2)ccn1. The van der Waals surface area contributed by atoms with Crippen LogP contribution in [-0.2, 0) is 0 Å². The normalized spacial score (nSPS) is 18.2. The lowest BCUT2D eigenvalue weighted by Gasteiger charge is -2.36. The first kappa shape index (κ1) is 18.0. The van der Waals surface area contributed by atoms with E-state index in [0.717, 1.165) is 42.1 Å². The van der Waals surface area contributed by atoms with E-state index in [4.69, 9.17) is 14.5 Å². The molecule has 5 heterocycles. The summed E-state index contributed by atoms with van der Waals surface area (Å²) in [7, 11) is 0. The molecule has 0 unspecified atom stereocenters. The number of amides is 2. The maximum absolute atomic E-state index is 13.4. The van der Waals surface area contributed by atoms with Crippen molar-refractivity contribution in [2.24, 2.45) is 0 Å². The summed E-state index contributed by atoms with van der Waals surface area (Å²) in [5.41, 5.74) is 4.39. The van der Waals surface area contributed by atoms with E-state index < -0.39 is 0 Å². The fourth-order valence-electron chi connectivity index (χ4n) is 4.50. The Kier molecular flexibility index (Phi) is 3.99. The molecule has 0 aliphatic carbocycles. The Labute approximate surface area is 179 Å². The predicted molar refractivity (Wildman–Crippen MR) is 117 cm³/mol. The standard InChI is InChI=1S/C23H21N5O3/c1-14-10-15(6-8-24-14)18-3-4-19-22(26-18)28(17-7-9-27(19)12-17)23(29)25-16-2-5-20-21(11-16)31-13-30-20/h2-6,8,10-11,17H,7,9,12-13H2,1H3,(H,25,29)/t17-/m0/s1. The molecule has 3 aliphatic rings. The maximum Gasteiger partial charge on any atom is 0.327 e. The lowest BCUT2D eigenvalue weighted by molar-refractivity contribution is 0.174. The minimum atomic E-state index is -0.192. The zero-order valence-corrected chi connectivity index (χ0v) is 17.0. The molecule has 2 bridgehead atoms. The molecule has 3 aliphatic heterocycles. The highest BCUT2D eigenvalue weighted by Gasteiger charge is 2.40. The monoisotopic (exact) mass is 415 g/mol. The van der Waals surface area contributed by atoms with Crippen LogP contribution in [-0.4, -0.2) is 41.9 Å². The van der Waals surface area contributed by atoms with Gasteiger partial charge in [-0.05, 0) is 49.7 Å². The Morgan fingerprint density at radius 3 is 2.94 bits per heavy atom. The number of aryl methyl sites for hydroxylation is 1. The molecule has 8 nitrogen and oxygen atoms in total. The van der Waals surface area contributed by atoms with E-state index in [1.54, 1.807) is 17.2 Å². The van der Waals surface area contributed by atoms with Crippen molar-refractivity contribution in [1.82, 2.24) is 9.97 Å². The number of benzene rings is 1. The fourth-order valence-corrected chi connectivity index (χ4v) is 4.50. The number of ether oxygens (including phenoxy) is 2. The van der Waals surface area contributed by atoms with Gasteiger partial charge in [-0.1, -0.05) is 0 Å². The van der Waals surface area contributed by atoms with E-state index in [-0.39, 0.29) is 18.9 Å². The third-order valence-electron chi connectivity index (χ3n) is 5.99. The second-order valence-corrected chi connectivity index (χ2v) is 7.98. The Morgan fingerprint density at radius 1 is 1.13 bits per heavy atom. The molecule has 2 aromatic heterocycles. The van der Waals surface area contributed by atoms with Crippen molar-refractivity contribution in [2.75, 3.05) is 35.0 Å². The molecule has 0 radical (unpaired) electrons. The summed E-state index contributed by atoms with van der Waals surface area (Å²) in [5, 5.41) is 3.02. The van der Waals surface area contributed by atoms with Crippen molar-refractivity contribution >= 4 is 23.2 Å². The number of hydrogen-bond donors (Lipinski definition) is 1. The zero-order valence-electron chi connectivity index (χ0n) is 17.0. The van der Waals surface area contributed by atoms with E-state index >= 15 is 0 Å². The summed E-state index contributed by atoms with van der Waals surface area (Å²) in [5.74, 6) is 2.02. The summed E-state index contributed by atoms with van der Waals surface area (Å²) < 4.78 is 10.8. The molecule has 2 amide bonds. The number of carbonyl (C=O) groups excluding carboxylic acids is 1. The van der Waals surface area contributed by atoms with Gasteiger partial charge in [-0.25, -0.2) is 9.78 Å². The van der Waals surface area contributed by atoms with Crippen LogP contribution >= 0.6 is 0 Å². The van der Waals surface area contributed by atoms with Gasteiger partial charge in [0.25, 0.3) is 0 Å². The molecular weight excluding hydrogens is 394 g/mol. The molecule has 1 atom stereocenters. The first-order chi connectivity index (χ1) is 15.2. The third kappa shape index (κ3) is 3.02. The summed E-state index contributed by atoms with van der Waals surface area (Å²) in [6.45, 7) is 3.89. The number of rotatable bonds is 2. The first-order valence-electron chi connectivity index (χ1n) is 10.3. The predicted octanol–water partition coefficient (Wildman–Crippen LogP) is 3.81. The number of nitrogens with zero attached hydrogens (tertiary/aromatic N) is 4. The van der Waals surface area contributed by atoms with Crippen LogP contribution in [0.2, 0.25) is 0 Å². The molecule has 8 heteroatoms. The van der Waals surface area contributed by atoms with Crippen molar-refractivity contribution in [1.29, 1.82) is 0 Å². The smallest absolute Gasteiger partial charge is 0.327 e. The second kappa shape index (κ2) is 6.87. The second-order valence-electron chi connectivity index (χ2n) is 7.98.